The van der Waals surface area contributed by atoms with Crippen molar-refractivity contribution in [3.8, 4) is 11.3 Å². The van der Waals surface area contributed by atoms with Crippen LogP contribution in [0.1, 0.15) is 78.7 Å². The van der Waals surface area contributed by atoms with Crippen molar-refractivity contribution in [2.45, 2.75) is 51.6 Å². The molecule has 0 fully saturated rings. The SMILES string of the molecule is CC(C)[C@@H]1CC[C@@H](C)c2c1nn(C(=O)[C@@H]1C(c3ccccc3)=NO[C@H]1c1ccccc1)c2-c1ccccc1. The minimum Gasteiger partial charge on any atom is -0.386 e. The van der Waals surface area contributed by atoms with Gasteiger partial charge in [0, 0.05) is 22.6 Å². The van der Waals surface area contributed by atoms with Gasteiger partial charge in [0.15, 0.2) is 6.10 Å². The van der Waals surface area contributed by atoms with Crippen molar-refractivity contribution in [3.05, 3.63) is 113 Å². The zero-order valence-corrected chi connectivity index (χ0v) is 22.1. The third-order valence-electron chi connectivity index (χ3n) is 8.09. The van der Waals surface area contributed by atoms with Crippen molar-refractivity contribution < 1.29 is 9.63 Å². The molecule has 0 spiro atoms. The first-order chi connectivity index (χ1) is 18.5. The maximum atomic E-state index is 14.7. The lowest BCUT2D eigenvalue weighted by molar-refractivity contribution is 0.0476. The van der Waals surface area contributed by atoms with Crippen molar-refractivity contribution in [1.82, 2.24) is 9.78 Å². The number of aromatic nitrogens is 2. The zero-order valence-electron chi connectivity index (χ0n) is 22.1. The number of benzene rings is 3. The van der Waals surface area contributed by atoms with Gasteiger partial charge >= 0.3 is 0 Å². The van der Waals surface area contributed by atoms with E-state index >= 15 is 0 Å². The molecule has 192 valence electrons. The molecule has 5 heteroatoms. The number of carbonyl (C=O) groups excluding carboxylic acids is 1. The van der Waals surface area contributed by atoms with Crippen LogP contribution in [0.15, 0.2) is 96.2 Å². The smallest absolute Gasteiger partial charge is 0.261 e. The molecule has 1 aliphatic carbocycles. The van der Waals surface area contributed by atoms with Gasteiger partial charge in [0.25, 0.3) is 5.91 Å². The Bertz CT molecular complexity index is 1460. The van der Waals surface area contributed by atoms with Crippen LogP contribution in [0.4, 0.5) is 0 Å². The highest BCUT2D eigenvalue weighted by atomic mass is 16.6. The molecule has 1 aromatic heterocycles. The quantitative estimate of drug-likeness (QED) is 0.281. The van der Waals surface area contributed by atoms with Crippen LogP contribution in [0.25, 0.3) is 11.3 Å². The van der Waals surface area contributed by atoms with Gasteiger partial charge in [-0.2, -0.15) is 9.78 Å². The van der Waals surface area contributed by atoms with Gasteiger partial charge in [-0.05, 0) is 30.2 Å². The zero-order chi connectivity index (χ0) is 26.2. The van der Waals surface area contributed by atoms with E-state index in [-0.39, 0.29) is 5.91 Å². The van der Waals surface area contributed by atoms with Gasteiger partial charge in [-0.1, -0.05) is 117 Å². The van der Waals surface area contributed by atoms with Crippen LogP contribution in [-0.4, -0.2) is 21.4 Å². The molecule has 0 bridgehead atoms. The summed E-state index contributed by atoms with van der Waals surface area (Å²) in [6, 6.07) is 30.0. The number of rotatable bonds is 5. The van der Waals surface area contributed by atoms with Crippen molar-refractivity contribution in [2.75, 3.05) is 0 Å². The molecule has 5 nitrogen and oxygen atoms in total. The lowest BCUT2D eigenvalue weighted by Gasteiger charge is -2.28. The van der Waals surface area contributed by atoms with Gasteiger partial charge in [0.1, 0.15) is 11.6 Å². The molecular weight excluding hydrogens is 470 g/mol. The van der Waals surface area contributed by atoms with E-state index in [1.807, 2.05) is 78.9 Å². The topological polar surface area (TPSA) is 56.5 Å². The molecule has 38 heavy (non-hydrogen) atoms. The second-order valence-electron chi connectivity index (χ2n) is 10.8. The summed E-state index contributed by atoms with van der Waals surface area (Å²) in [4.78, 5) is 20.8. The Balaban J connectivity index is 1.54. The highest BCUT2D eigenvalue weighted by Crippen LogP contribution is 2.47. The van der Waals surface area contributed by atoms with Crippen molar-refractivity contribution in [2.24, 2.45) is 17.0 Å². The van der Waals surface area contributed by atoms with Crippen molar-refractivity contribution >= 4 is 11.6 Å². The second-order valence-corrected chi connectivity index (χ2v) is 10.8. The predicted octanol–water partition coefficient (Wildman–Crippen LogP) is 7.62. The normalized spacial score (nSPS) is 22.6. The Morgan fingerprint density at radius 1 is 0.868 bits per heavy atom. The standard InChI is InChI=1S/C33H33N3O2/c1-21(2)26-20-19-22(3)27-30(26)34-36(31(27)24-15-9-5-10-16-24)33(37)28-29(23-13-7-4-8-14-23)35-38-32(28)25-17-11-6-12-18-25/h4-18,21-22,26,28,32H,19-20H2,1-3H3/t22-,26+,28-,32+/m1/s1. The molecule has 0 unspecified atom stereocenters. The Morgan fingerprint density at radius 2 is 1.47 bits per heavy atom. The molecule has 0 amide bonds. The summed E-state index contributed by atoms with van der Waals surface area (Å²) in [5, 5.41) is 9.63. The van der Waals surface area contributed by atoms with Gasteiger partial charge in [-0.15, -0.1) is 0 Å². The fraction of sp³-hybridized carbons (Fsp3) is 0.303. The third-order valence-corrected chi connectivity index (χ3v) is 8.09. The van der Waals surface area contributed by atoms with E-state index in [0.29, 0.717) is 23.5 Å². The van der Waals surface area contributed by atoms with Crippen LogP contribution in [0.3, 0.4) is 0 Å². The van der Waals surface area contributed by atoms with E-state index in [2.05, 4.69) is 38.1 Å². The molecule has 0 N–H and O–H groups in total. The molecule has 0 radical (unpaired) electrons. The first-order valence-electron chi connectivity index (χ1n) is 13.6. The van der Waals surface area contributed by atoms with E-state index in [1.54, 1.807) is 4.68 Å². The van der Waals surface area contributed by atoms with E-state index < -0.39 is 12.0 Å². The molecular formula is C33H33N3O2. The summed E-state index contributed by atoms with van der Waals surface area (Å²) in [5.41, 5.74) is 6.66. The lowest BCUT2D eigenvalue weighted by Crippen LogP contribution is -2.32. The summed E-state index contributed by atoms with van der Waals surface area (Å²) in [7, 11) is 0. The molecule has 2 aliphatic rings. The summed E-state index contributed by atoms with van der Waals surface area (Å²) in [6.45, 7) is 6.77. The van der Waals surface area contributed by atoms with E-state index in [9.17, 15) is 4.79 Å². The van der Waals surface area contributed by atoms with Crippen LogP contribution in [0, 0.1) is 11.8 Å². The van der Waals surface area contributed by atoms with Crippen molar-refractivity contribution in [1.29, 1.82) is 0 Å². The fourth-order valence-electron chi connectivity index (χ4n) is 6.09. The van der Waals surface area contributed by atoms with Crippen molar-refractivity contribution in [3.63, 3.8) is 0 Å². The lowest BCUT2D eigenvalue weighted by atomic mass is 9.75. The van der Waals surface area contributed by atoms with Crippen LogP contribution in [-0.2, 0) is 4.84 Å². The number of oxime groups is 1. The van der Waals surface area contributed by atoms with Gasteiger partial charge < -0.3 is 4.84 Å². The molecule has 6 rings (SSSR count). The number of fused-ring (bicyclic) bond motifs is 1. The van der Waals surface area contributed by atoms with Crippen LogP contribution in [0.2, 0.25) is 0 Å². The Kier molecular flexibility index (Phi) is 6.44. The molecule has 4 aromatic rings. The molecule has 0 saturated heterocycles. The number of nitrogens with zero attached hydrogens (tertiary/aromatic N) is 3. The minimum atomic E-state index is -0.628. The third kappa shape index (κ3) is 4.16. The Morgan fingerprint density at radius 3 is 2.11 bits per heavy atom. The molecule has 0 saturated carbocycles. The molecule has 2 heterocycles. The monoisotopic (exact) mass is 503 g/mol. The minimum absolute atomic E-state index is 0.109. The number of hydrogen-bond donors (Lipinski definition) is 0. The molecule has 1 aliphatic heterocycles. The molecule has 4 atom stereocenters. The maximum Gasteiger partial charge on any atom is 0.261 e. The summed E-state index contributed by atoms with van der Waals surface area (Å²) >= 11 is 0. The van der Waals surface area contributed by atoms with Gasteiger partial charge in [-0.3, -0.25) is 4.79 Å². The predicted molar refractivity (Wildman–Crippen MR) is 150 cm³/mol. The van der Waals surface area contributed by atoms with Gasteiger partial charge in [-0.25, -0.2) is 0 Å². The highest BCUT2D eigenvalue weighted by molar-refractivity contribution is 6.15. The van der Waals surface area contributed by atoms with E-state index in [0.717, 1.165) is 40.9 Å². The molecule has 3 aromatic carbocycles. The summed E-state index contributed by atoms with van der Waals surface area (Å²) in [5.74, 6) is 0.350. The van der Waals surface area contributed by atoms with Gasteiger partial charge in [0.05, 0.1) is 11.4 Å². The average Bonchev–Trinajstić information content (AvgIpc) is 3.58. The average molecular weight is 504 g/mol. The van der Waals surface area contributed by atoms with Crippen LogP contribution < -0.4 is 0 Å². The number of carbonyl (C=O) groups is 1. The Hall–Kier alpha value is -3.99. The largest absolute Gasteiger partial charge is 0.386 e. The Labute approximate surface area is 224 Å². The van der Waals surface area contributed by atoms with Gasteiger partial charge in [0.2, 0.25) is 0 Å². The maximum absolute atomic E-state index is 14.7. The summed E-state index contributed by atoms with van der Waals surface area (Å²) in [6.07, 6.45) is 1.65. The first kappa shape index (κ1) is 24.4. The fourth-order valence-corrected chi connectivity index (χ4v) is 6.09. The van der Waals surface area contributed by atoms with Crippen LogP contribution >= 0.6 is 0 Å². The second kappa shape index (κ2) is 10.1. The first-order valence-corrected chi connectivity index (χ1v) is 13.6. The summed E-state index contributed by atoms with van der Waals surface area (Å²) < 4.78 is 1.69. The highest BCUT2D eigenvalue weighted by Gasteiger charge is 2.45. The van der Waals surface area contributed by atoms with E-state index in [1.165, 1.54) is 5.56 Å². The van der Waals surface area contributed by atoms with Crippen LogP contribution in [0.5, 0.6) is 0 Å². The number of hydrogen-bond acceptors (Lipinski definition) is 4. The van der Waals surface area contributed by atoms with E-state index in [4.69, 9.17) is 9.94 Å².